The third kappa shape index (κ3) is 4.45. The van der Waals surface area contributed by atoms with Gasteiger partial charge in [0, 0.05) is 0 Å². The van der Waals surface area contributed by atoms with Gasteiger partial charge in [-0.25, -0.2) is 9.69 Å². The van der Waals surface area contributed by atoms with Gasteiger partial charge in [0.15, 0.2) is 0 Å². The van der Waals surface area contributed by atoms with E-state index in [0.29, 0.717) is 29.4 Å². The number of rotatable bonds is 6. The first kappa shape index (κ1) is 21.0. The standard InChI is InChI=1S/C22H17ClN2O5/c1-3-11-30-19-10-5-14(13-18(19)23)12-17-20(26)24-22(28)25(21(17)27)15-6-8-16(9-7-15)29-4-2/h1,5-10,12-13H,4,11H2,2H3,(H,24,26,28)/b17-12+. The Labute approximate surface area is 178 Å². The van der Waals surface area contributed by atoms with Gasteiger partial charge in [0.05, 0.1) is 17.3 Å². The van der Waals surface area contributed by atoms with E-state index in [1.807, 2.05) is 6.92 Å². The summed E-state index contributed by atoms with van der Waals surface area (Å²) in [4.78, 5) is 38.4. The van der Waals surface area contributed by atoms with E-state index in [9.17, 15) is 14.4 Å². The lowest BCUT2D eigenvalue weighted by Crippen LogP contribution is -2.54. The SMILES string of the molecule is C#CCOc1ccc(/C=C2\C(=O)NC(=O)N(c3ccc(OCC)cc3)C2=O)cc1Cl. The molecule has 1 saturated heterocycles. The fourth-order valence-electron chi connectivity index (χ4n) is 2.76. The highest BCUT2D eigenvalue weighted by Gasteiger charge is 2.36. The van der Waals surface area contributed by atoms with Crippen molar-refractivity contribution in [3.05, 3.63) is 58.6 Å². The van der Waals surface area contributed by atoms with Crippen molar-refractivity contribution in [2.24, 2.45) is 0 Å². The second-order valence-corrected chi connectivity index (χ2v) is 6.47. The molecule has 0 saturated carbocycles. The van der Waals surface area contributed by atoms with Crippen LogP contribution in [0.1, 0.15) is 12.5 Å². The van der Waals surface area contributed by atoms with Crippen molar-refractivity contribution in [3.63, 3.8) is 0 Å². The number of carbonyl (C=O) groups is 3. The fraction of sp³-hybridized carbons (Fsp3) is 0.136. The second-order valence-electron chi connectivity index (χ2n) is 6.07. The molecular weight excluding hydrogens is 408 g/mol. The molecule has 4 amide bonds. The summed E-state index contributed by atoms with van der Waals surface area (Å²) in [5.74, 6) is 1.76. The van der Waals surface area contributed by atoms with Crippen LogP contribution in [0.15, 0.2) is 48.0 Å². The van der Waals surface area contributed by atoms with Crippen LogP contribution in [0.4, 0.5) is 10.5 Å². The summed E-state index contributed by atoms with van der Waals surface area (Å²) in [5.41, 5.74) is 0.569. The zero-order valence-corrected chi connectivity index (χ0v) is 16.7. The molecule has 0 bridgehead atoms. The molecule has 0 radical (unpaired) electrons. The molecule has 1 N–H and O–H groups in total. The number of nitrogens with zero attached hydrogens (tertiary/aromatic N) is 1. The summed E-state index contributed by atoms with van der Waals surface area (Å²) in [5, 5.41) is 2.44. The number of hydrogen-bond acceptors (Lipinski definition) is 5. The summed E-state index contributed by atoms with van der Waals surface area (Å²) in [6.45, 7) is 2.39. The zero-order chi connectivity index (χ0) is 21.7. The van der Waals surface area contributed by atoms with Crippen molar-refractivity contribution in [2.45, 2.75) is 6.92 Å². The van der Waals surface area contributed by atoms with Crippen LogP contribution in [0.25, 0.3) is 6.08 Å². The maximum Gasteiger partial charge on any atom is 0.335 e. The molecule has 1 fully saturated rings. The molecule has 2 aromatic carbocycles. The summed E-state index contributed by atoms with van der Waals surface area (Å²) in [6.07, 6.45) is 6.51. The van der Waals surface area contributed by atoms with Crippen LogP contribution in [-0.2, 0) is 9.59 Å². The molecule has 0 atom stereocenters. The Morgan fingerprint density at radius 2 is 1.87 bits per heavy atom. The van der Waals surface area contributed by atoms with Crippen molar-refractivity contribution in [2.75, 3.05) is 18.1 Å². The van der Waals surface area contributed by atoms with Crippen LogP contribution in [0, 0.1) is 12.3 Å². The van der Waals surface area contributed by atoms with E-state index < -0.39 is 17.8 Å². The van der Waals surface area contributed by atoms with Gasteiger partial charge in [0.2, 0.25) is 0 Å². The van der Waals surface area contributed by atoms with Gasteiger partial charge in [-0.2, -0.15) is 0 Å². The van der Waals surface area contributed by atoms with E-state index in [1.165, 1.54) is 12.1 Å². The average Bonchev–Trinajstić information content (AvgIpc) is 2.72. The summed E-state index contributed by atoms with van der Waals surface area (Å²) in [7, 11) is 0. The lowest BCUT2D eigenvalue weighted by Gasteiger charge is -2.26. The topological polar surface area (TPSA) is 84.9 Å². The van der Waals surface area contributed by atoms with Crippen molar-refractivity contribution >= 4 is 41.2 Å². The van der Waals surface area contributed by atoms with Crippen molar-refractivity contribution in [1.29, 1.82) is 0 Å². The van der Waals surface area contributed by atoms with Gasteiger partial charge in [-0.05, 0) is 55.0 Å². The number of terminal acetylenes is 1. The molecule has 0 aliphatic carbocycles. The van der Waals surface area contributed by atoms with Gasteiger partial charge in [0.25, 0.3) is 11.8 Å². The Morgan fingerprint density at radius 1 is 1.13 bits per heavy atom. The summed E-state index contributed by atoms with van der Waals surface area (Å²) < 4.78 is 10.7. The average molecular weight is 425 g/mol. The minimum absolute atomic E-state index is 0.0558. The molecule has 1 aliphatic heterocycles. The number of barbiturate groups is 1. The van der Waals surface area contributed by atoms with Gasteiger partial charge < -0.3 is 9.47 Å². The van der Waals surface area contributed by atoms with Crippen LogP contribution >= 0.6 is 11.6 Å². The number of urea groups is 1. The molecule has 0 spiro atoms. The molecule has 3 rings (SSSR count). The van der Waals surface area contributed by atoms with E-state index in [2.05, 4.69) is 11.2 Å². The zero-order valence-electron chi connectivity index (χ0n) is 16.0. The third-order valence-electron chi connectivity index (χ3n) is 4.09. The minimum Gasteiger partial charge on any atom is -0.494 e. The lowest BCUT2D eigenvalue weighted by molar-refractivity contribution is -0.122. The van der Waals surface area contributed by atoms with E-state index in [-0.39, 0.29) is 17.2 Å². The van der Waals surface area contributed by atoms with Gasteiger partial charge in [-0.3, -0.25) is 14.9 Å². The highest BCUT2D eigenvalue weighted by Crippen LogP contribution is 2.28. The smallest absolute Gasteiger partial charge is 0.335 e. The van der Waals surface area contributed by atoms with Gasteiger partial charge >= 0.3 is 6.03 Å². The van der Waals surface area contributed by atoms with Gasteiger partial charge in [0.1, 0.15) is 23.7 Å². The number of ether oxygens (including phenoxy) is 2. The predicted octanol–water partition coefficient (Wildman–Crippen LogP) is 3.42. The van der Waals surface area contributed by atoms with E-state index in [1.54, 1.807) is 36.4 Å². The molecule has 0 unspecified atom stereocenters. The first-order chi connectivity index (χ1) is 14.4. The number of nitrogens with one attached hydrogen (secondary N) is 1. The molecule has 1 aliphatic rings. The largest absolute Gasteiger partial charge is 0.494 e. The molecule has 152 valence electrons. The highest BCUT2D eigenvalue weighted by atomic mass is 35.5. The third-order valence-corrected chi connectivity index (χ3v) is 4.38. The predicted molar refractivity (Wildman–Crippen MR) is 112 cm³/mol. The number of carbonyl (C=O) groups excluding carboxylic acids is 3. The van der Waals surface area contributed by atoms with Crippen molar-refractivity contribution in [1.82, 2.24) is 5.32 Å². The summed E-state index contributed by atoms with van der Waals surface area (Å²) >= 11 is 6.16. The number of imide groups is 2. The molecule has 0 aromatic heterocycles. The van der Waals surface area contributed by atoms with E-state index in [0.717, 1.165) is 4.90 Å². The molecule has 30 heavy (non-hydrogen) atoms. The van der Waals surface area contributed by atoms with Crippen molar-refractivity contribution < 1.29 is 23.9 Å². The second kappa shape index (κ2) is 9.16. The van der Waals surface area contributed by atoms with E-state index >= 15 is 0 Å². The van der Waals surface area contributed by atoms with Crippen molar-refractivity contribution in [3.8, 4) is 23.8 Å². The molecule has 2 aromatic rings. The van der Waals surface area contributed by atoms with Crippen LogP contribution < -0.4 is 19.7 Å². The number of anilines is 1. The Bertz CT molecular complexity index is 1070. The normalized spacial score (nSPS) is 15.0. The first-order valence-electron chi connectivity index (χ1n) is 8.94. The highest BCUT2D eigenvalue weighted by molar-refractivity contribution is 6.39. The molecule has 7 nitrogen and oxygen atoms in total. The minimum atomic E-state index is -0.831. The number of amides is 4. The maximum atomic E-state index is 12.9. The number of hydrogen-bond donors (Lipinski definition) is 1. The first-order valence-corrected chi connectivity index (χ1v) is 9.32. The summed E-state index contributed by atoms with van der Waals surface area (Å²) in [6, 6.07) is 10.3. The number of halogens is 1. The van der Waals surface area contributed by atoms with Gasteiger partial charge in [-0.15, -0.1) is 6.42 Å². The fourth-order valence-corrected chi connectivity index (χ4v) is 3.00. The molecule has 8 heteroatoms. The van der Waals surface area contributed by atoms with Gasteiger partial charge in [-0.1, -0.05) is 23.6 Å². The Hall–Kier alpha value is -3.76. The Balaban J connectivity index is 1.90. The van der Waals surface area contributed by atoms with Crippen LogP contribution in [-0.4, -0.2) is 31.1 Å². The van der Waals surface area contributed by atoms with Crippen LogP contribution in [0.2, 0.25) is 5.02 Å². The number of benzene rings is 2. The van der Waals surface area contributed by atoms with Crippen LogP contribution in [0.5, 0.6) is 11.5 Å². The Kier molecular flexibility index (Phi) is 6.40. The molecular formula is C22H17ClN2O5. The quantitative estimate of drug-likeness (QED) is 0.436. The lowest BCUT2D eigenvalue weighted by atomic mass is 10.1. The van der Waals surface area contributed by atoms with Crippen LogP contribution in [0.3, 0.4) is 0 Å². The monoisotopic (exact) mass is 424 g/mol. The Morgan fingerprint density at radius 3 is 2.50 bits per heavy atom. The maximum absolute atomic E-state index is 12.9. The molecule has 1 heterocycles. The van der Waals surface area contributed by atoms with E-state index in [4.69, 9.17) is 27.5 Å².